The van der Waals surface area contributed by atoms with Crippen molar-refractivity contribution in [2.24, 2.45) is 0 Å². The second kappa shape index (κ2) is 7.14. The van der Waals surface area contributed by atoms with Crippen LogP contribution in [0.2, 0.25) is 0 Å². The van der Waals surface area contributed by atoms with Gasteiger partial charge in [0.15, 0.2) is 5.76 Å². The predicted molar refractivity (Wildman–Crippen MR) is 96.6 cm³/mol. The van der Waals surface area contributed by atoms with Gasteiger partial charge in [0.2, 0.25) is 5.91 Å². The largest absolute Gasteiger partial charge is 0.459 e. The van der Waals surface area contributed by atoms with Gasteiger partial charge in [0, 0.05) is 5.69 Å². The van der Waals surface area contributed by atoms with E-state index in [2.05, 4.69) is 15.5 Å². The lowest BCUT2D eigenvalue weighted by molar-refractivity contribution is -0.115. The van der Waals surface area contributed by atoms with Crippen LogP contribution in [-0.2, 0) is 4.79 Å². The Hall–Kier alpha value is -2.54. The fourth-order valence-electron chi connectivity index (χ4n) is 2.56. The Kier molecular flexibility index (Phi) is 4.94. The number of aryl methyl sites for hydroxylation is 3. The number of nitrogens with one attached hydrogen (secondary N) is 1. The molecule has 7 heteroatoms. The molecule has 1 N–H and O–H groups in total. The van der Waals surface area contributed by atoms with Gasteiger partial charge < -0.3 is 14.2 Å². The smallest absolute Gasteiger partial charge is 0.284 e. The molecule has 0 saturated heterocycles. The highest BCUT2D eigenvalue weighted by Gasteiger charge is 2.20. The average Bonchev–Trinajstić information content (AvgIpc) is 3.21. The molecule has 0 aliphatic rings. The summed E-state index contributed by atoms with van der Waals surface area (Å²) in [6.45, 7) is 7.81. The molecule has 0 radical (unpaired) electrons. The summed E-state index contributed by atoms with van der Waals surface area (Å²) in [6.07, 6.45) is 1.54. The topological polar surface area (TPSA) is 81.2 Å². The zero-order valence-electron chi connectivity index (χ0n) is 14.5. The highest BCUT2D eigenvalue weighted by Crippen LogP contribution is 2.28. The molecule has 0 unspecified atom stereocenters. The number of carbonyl (C=O) groups excluding carboxylic acids is 1. The van der Waals surface area contributed by atoms with E-state index in [0.717, 1.165) is 16.8 Å². The van der Waals surface area contributed by atoms with Gasteiger partial charge in [0.05, 0.1) is 11.5 Å². The van der Waals surface area contributed by atoms with Gasteiger partial charge in [-0.05, 0) is 51.0 Å². The lowest BCUT2D eigenvalue weighted by Gasteiger charge is -2.15. The van der Waals surface area contributed by atoms with Crippen LogP contribution in [0.5, 0.6) is 0 Å². The van der Waals surface area contributed by atoms with Crippen LogP contribution in [0.25, 0.3) is 11.7 Å². The van der Waals surface area contributed by atoms with Gasteiger partial charge >= 0.3 is 0 Å². The number of aromatic nitrogens is 2. The number of thioether (sulfide) groups is 1. The van der Waals surface area contributed by atoms with E-state index in [1.807, 2.05) is 32.9 Å². The molecule has 25 heavy (non-hydrogen) atoms. The summed E-state index contributed by atoms with van der Waals surface area (Å²) in [5, 5.41) is 10.8. The number of hydrogen-bond donors (Lipinski definition) is 1. The Morgan fingerprint density at radius 2 is 1.92 bits per heavy atom. The number of hydrogen-bond acceptors (Lipinski definition) is 6. The molecule has 3 aromatic rings. The Labute approximate surface area is 150 Å². The van der Waals surface area contributed by atoms with E-state index in [1.165, 1.54) is 23.6 Å². The molecular weight excluding hydrogens is 338 g/mol. The van der Waals surface area contributed by atoms with E-state index in [0.29, 0.717) is 16.9 Å². The first-order valence-corrected chi connectivity index (χ1v) is 8.74. The molecule has 0 saturated carbocycles. The molecule has 2 aromatic heterocycles. The summed E-state index contributed by atoms with van der Waals surface area (Å²) in [7, 11) is 0. The van der Waals surface area contributed by atoms with Gasteiger partial charge in [0.25, 0.3) is 11.1 Å². The minimum atomic E-state index is -0.384. The Bertz CT molecular complexity index is 864. The number of nitrogens with zero attached hydrogens (tertiary/aromatic N) is 2. The molecule has 0 bridgehead atoms. The maximum Gasteiger partial charge on any atom is 0.284 e. The third-order valence-corrected chi connectivity index (χ3v) is 4.64. The minimum absolute atomic E-state index is 0.113. The van der Waals surface area contributed by atoms with Crippen molar-refractivity contribution in [3.63, 3.8) is 0 Å². The van der Waals surface area contributed by atoms with Gasteiger partial charge in [-0.15, -0.1) is 10.2 Å². The van der Waals surface area contributed by atoms with E-state index in [1.54, 1.807) is 19.1 Å². The molecule has 0 aliphatic carbocycles. The second-order valence-corrected chi connectivity index (χ2v) is 7.17. The Morgan fingerprint density at radius 3 is 2.56 bits per heavy atom. The molecule has 0 fully saturated rings. The van der Waals surface area contributed by atoms with Crippen LogP contribution >= 0.6 is 11.8 Å². The third kappa shape index (κ3) is 3.93. The van der Waals surface area contributed by atoms with E-state index >= 15 is 0 Å². The monoisotopic (exact) mass is 357 g/mol. The number of furan rings is 1. The van der Waals surface area contributed by atoms with Crippen molar-refractivity contribution in [2.45, 2.75) is 38.2 Å². The Balaban J connectivity index is 1.67. The predicted octanol–water partition coefficient (Wildman–Crippen LogP) is 4.37. The zero-order chi connectivity index (χ0) is 18.0. The van der Waals surface area contributed by atoms with Crippen LogP contribution in [0.1, 0.15) is 23.6 Å². The van der Waals surface area contributed by atoms with Crippen molar-refractivity contribution in [3.05, 3.63) is 47.2 Å². The summed E-state index contributed by atoms with van der Waals surface area (Å²) >= 11 is 1.21. The van der Waals surface area contributed by atoms with Crippen LogP contribution in [0, 0.1) is 20.8 Å². The van der Waals surface area contributed by atoms with Crippen molar-refractivity contribution in [3.8, 4) is 11.7 Å². The average molecular weight is 357 g/mol. The number of anilines is 1. The summed E-state index contributed by atoms with van der Waals surface area (Å²) in [4.78, 5) is 12.5. The molecule has 1 aromatic carbocycles. The SMILES string of the molecule is Cc1cc(C)c(NC(=O)[C@H](C)Sc2nnc(-c3ccco3)o2)c(C)c1. The second-order valence-electron chi connectivity index (χ2n) is 5.87. The normalized spacial score (nSPS) is 12.2. The third-order valence-electron chi connectivity index (χ3n) is 3.71. The van der Waals surface area contributed by atoms with Crippen LogP contribution in [-0.4, -0.2) is 21.4 Å². The summed E-state index contributed by atoms with van der Waals surface area (Å²) < 4.78 is 10.7. The quantitative estimate of drug-likeness (QED) is 0.683. The molecule has 3 rings (SSSR count). The van der Waals surface area contributed by atoms with E-state index in [-0.39, 0.29) is 11.2 Å². The van der Waals surface area contributed by atoms with Gasteiger partial charge in [-0.3, -0.25) is 4.79 Å². The van der Waals surface area contributed by atoms with E-state index in [4.69, 9.17) is 8.83 Å². The van der Waals surface area contributed by atoms with Crippen molar-refractivity contribution in [1.29, 1.82) is 0 Å². The molecule has 1 atom stereocenters. The first-order valence-electron chi connectivity index (χ1n) is 7.87. The van der Waals surface area contributed by atoms with Gasteiger partial charge in [-0.2, -0.15) is 0 Å². The lowest BCUT2D eigenvalue weighted by Crippen LogP contribution is -2.23. The van der Waals surface area contributed by atoms with Crippen molar-refractivity contribution < 1.29 is 13.6 Å². The van der Waals surface area contributed by atoms with Crippen LogP contribution in [0.4, 0.5) is 5.69 Å². The summed E-state index contributed by atoms with van der Waals surface area (Å²) in [6, 6.07) is 7.58. The van der Waals surface area contributed by atoms with Crippen molar-refractivity contribution in [2.75, 3.05) is 5.32 Å². The fourth-order valence-corrected chi connectivity index (χ4v) is 3.25. The highest BCUT2D eigenvalue weighted by atomic mass is 32.2. The molecule has 130 valence electrons. The van der Waals surface area contributed by atoms with Gasteiger partial charge in [-0.25, -0.2) is 0 Å². The van der Waals surface area contributed by atoms with Gasteiger partial charge in [0.1, 0.15) is 0 Å². The molecule has 1 amide bonds. The maximum atomic E-state index is 12.5. The number of carbonyl (C=O) groups is 1. The number of rotatable bonds is 5. The fraction of sp³-hybridized carbons (Fsp3) is 0.278. The molecule has 6 nitrogen and oxygen atoms in total. The number of amides is 1. The molecule has 0 aliphatic heterocycles. The Morgan fingerprint density at radius 1 is 1.20 bits per heavy atom. The minimum Gasteiger partial charge on any atom is -0.459 e. The first-order chi connectivity index (χ1) is 11.9. The van der Waals surface area contributed by atoms with Crippen LogP contribution in [0.15, 0.2) is 44.6 Å². The summed E-state index contributed by atoms with van der Waals surface area (Å²) in [5.74, 6) is 0.686. The standard InChI is InChI=1S/C18H19N3O3S/c1-10-8-11(2)15(12(3)9-10)19-16(22)13(4)25-18-21-20-17(24-18)14-6-5-7-23-14/h5-9,13H,1-4H3,(H,19,22)/t13-/m0/s1. The first kappa shape index (κ1) is 17.3. The lowest BCUT2D eigenvalue weighted by atomic mass is 10.1. The highest BCUT2D eigenvalue weighted by molar-refractivity contribution is 8.00. The van der Waals surface area contributed by atoms with E-state index in [9.17, 15) is 4.79 Å². The summed E-state index contributed by atoms with van der Waals surface area (Å²) in [5.41, 5.74) is 4.11. The van der Waals surface area contributed by atoms with Crippen molar-refractivity contribution >= 4 is 23.4 Å². The van der Waals surface area contributed by atoms with Gasteiger partial charge in [-0.1, -0.05) is 29.5 Å². The molecule has 2 heterocycles. The molecule has 0 spiro atoms. The van der Waals surface area contributed by atoms with Crippen LogP contribution in [0.3, 0.4) is 0 Å². The van der Waals surface area contributed by atoms with Crippen LogP contribution < -0.4 is 5.32 Å². The zero-order valence-corrected chi connectivity index (χ0v) is 15.3. The van der Waals surface area contributed by atoms with Crippen molar-refractivity contribution in [1.82, 2.24) is 10.2 Å². The number of benzene rings is 1. The maximum absolute atomic E-state index is 12.5. The molecular formula is C18H19N3O3S. The van der Waals surface area contributed by atoms with E-state index < -0.39 is 0 Å².